The van der Waals surface area contributed by atoms with Crippen LogP contribution in [-0.2, 0) is 19.6 Å². The number of carbonyl (C=O) groups is 1. The van der Waals surface area contributed by atoms with Crippen LogP contribution in [0.1, 0.15) is 57.4 Å². The van der Waals surface area contributed by atoms with Gasteiger partial charge in [-0.05, 0) is 43.2 Å². The van der Waals surface area contributed by atoms with Crippen molar-refractivity contribution in [1.82, 2.24) is 9.29 Å². The fourth-order valence-electron chi connectivity index (χ4n) is 4.52. The van der Waals surface area contributed by atoms with Crippen molar-refractivity contribution < 1.29 is 17.9 Å². The molecule has 0 aliphatic carbocycles. The average Bonchev–Trinajstić information content (AvgIpc) is 3.39. The fraction of sp³-hybridized carbons (Fsp3) is 0.636. The maximum atomic E-state index is 13.8. The van der Waals surface area contributed by atoms with Crippen molar-refractivity contribution in [3.05, 3.63) is 23.8 Å². The highest BCUT2D eigenvalue weighted by atomic mass is 32.2. The summed E-state index contributed by atoms with van der Waals surface area (Å²) in [7, 11) is -3.47. The highest BCUT2D eigenvalue weighted by Crippen LogP contribution is 2.35. The van der Waals surface area contributed by atoms with E-state index in [1.807, 2.05) is 12.1 Å². The van der Waals surface area contributed by atoms with Crippen LogP contribution in [0.4, 0.5) is 5.13 Å². The molecule has 2 unspecified atom stereocenters. The highest BCUT2D eigenvalue weighted by molar-refractivity contribution is 7.88. The van der Waals surface area contributed by atoms with Crippen LogP contribution in [0.15, 0.2) is 18.2 Å². The molecule has 0 spiro atoms. The quantitative estimate of drug-likeness (QED) is 0.649. The lowest BCUT2D eigenvalue weighted by Gasteiger charge is -2.35. The summed E-state index contributed by atoms with van der Waals surface area (Å²) in [5.41, 5.74) is 2.08. The lowest BCUT2D eigenvalue weighted by molar-refractivity contribution is -0.123. The Labute approximate surface area is 188 Å². The minimum absolute atomic E-state index is 0.0456. The molecular formula is C22H31N3O4S2. The van der Waals surface area contributed by atoms with Gasteiger partial charge >= 0.3 is 0 Å². The van der Waals surface area contributed by atoms with Gasteiger partial charge in [-0.3, -0.25) is 9.69 Å². The van der Waals surface area contributed by atoms with Crippen LogP contribution in [0, 0.1) is 0 Å². The van der Waals surface area contributed by atoms with Crippen LogP contribution >= 0.6 is 11.3 Å². The van der Waals surface area contributed by atoms with Crippen LogP contribution in [0.25, 0.3) is 10.2 Å². The van der Waals surface area contributed by atoms with E-state index in [1.165, 1.54) is 21.9 Å². The molecule has 31 heavy (non-hydrogen) atoms. The van der Waals surface area contributed by atoms with E-state index in [0.717, 1.165) is 41.5 Å². The molecule has 2 atom stereocenters. The zero-order valence-corrected chi connectivity index (χ0v) is 20.0. The van der Waals surface area contributed by atoms with Crippen molar-refractivity contribution in [3.8, 4) is 0 Å². The van der Waals surface area contributed by atoms with Gasteiger partial charge in [-0.25, -0.2) is 13.4 Å². The Morgan fingerprint density at radius 1 is 1.29 bits per heavy atom. The summed E-state index contributed by atoms with van der Waals surface area (Å²) in [4.78, 5) is 20.3. The van der Waals surface area contributed by atoms with Gasteiger partial charge in [0.1, 0.15) is 6.04 Å². The van der Waals surface area contributed by atoms with Gasteiger partial charge in [0, 0.05) is 13.2 Å². The number of benzene rings is 1. The van der Waals surface area contributed by atoms with E-state index in [4.69, 9.17) is 9.72 Å². The number of carbonyl (C=O) groups excluding carboxylic acids is 1. The van der Waals surface area contributed by atoms with E-state index in [2.05, 4.69) is 19.9 Å². The number of thiazole rings is 1. The molecule has 2 aliphatic heterocycles. The number of fused-ring (bicyclic) bond motifs is 1. The molecule has 2 saturated heterocycles. The topological polar surface area (TPSA) is 79.8 Å². The molecule has 2 aromatic rings. The third kappa shape index (κ3) is 4.79. The predicted molar refractivity (Wildman–Crippen MR) is 124 cm³/mol. The minimum atomic E-state index is -3.47. The fourth-order valence-corrected chi connectivity index (χ4v) is 6.66. The Morgan fingerprint density at radius 3 is 2.77 bits per heavy atom. The first kappa shape index (κ1) is 22.6. The first-order valence-electron chi connectivity index (χ1n) is 11.0. The standard InChI is InChI=1S/C22H31N3O4S2/c1-15(2)17-9-6-11-19-20(17)23-22(30-19)24(14-16-8-7-13-29-16)21(26)18-10-4-5-12-25(18)31(3,27)28/h6,9,11,15-16,18H,4-5,7-8,10,12-14H2,1-3H3. The van der Waals surface area contributed by atoms with Crippen LogP contribution in [-0.4, -0.2) is 61.7 Å². The zero-order chi connectivity index (χ0) is 22.2. The Kier molecular flexibility index (Phi) is 6.67. The number of amides is 1. The number of hydrogen-bond acceptors (Lipinski definition) is 6. The SMILES string of the molecule is CC(C)c1cccc2sc(N(CC3CCCO3)C(=O)C3CCCCN3S(C)(=O)=O)nc12. The molecule has 9 heteroatoms. The minimum Gasteiger partial charge on any atom is -0.376 e. The molecule has 170 valence electrons. The molecule has 3 heterocycles. The van der Waals surface area contributed by atoms with Gasteiger partial charge in [-0.2, -0.15) is 4.31 Å². The Hall–Kier alpha value is -1.55. The number of ether oxygens (including phenoxy) is 1. The van der Waals surface area contributed by atoms with Crippen molar-refractivity contribution in [3.63, 3.8) is 0 Å². The monoisotopic (exact) mass is 465 g/mol. The molecule has 2 aliphatic rings. The number of piperidine rings is 1. The van der Waals surface area contributed by atoms with Gasteiger partial charge in [-0.15, -0.1) is 0 Å². The molecule has 0 radical (unpaired) electrons. The number of para-hydroxylation sites is 1. The van der Waals surface area contributed by atoms with Crippen molar-refractivity contribution in [2.24, 2.45) is 0 Å². The second kappa shape index (κ2) is 9.13. The molecule has 4 rings (SSSR count). The van der Waals surface area contributed by atoms with E-state index < -0.39 is 16.1 Å². The van der Waals surface area contributed by atoms with E-state index in [0.29, 0.717) is 37.2 Å². The number of anilines is 1. The normalized spacial score (nSPS) is 23.0. The van der Waals surface area contributed by atoms with Gasteiger partial charge in [0.05, 0.1) is 29.1 Å². The van der Waals surface area contributed by atoms with Gasteiger partial charge in [-0.1, -0.05) is 43.7 Å². The van der Waals surface area contributed by atoms with Gasteiger partial charge in [0.2, 0.25) is 15.9 Å². The predicted octanol–water partition coefficient (Wildman–Crippen LogP) is 3.75. The summed E-state index contributed by atoms with van der Waals surface area (Å²) in [5, 5.41) is 0.627. The smallest absolute Gasteiger partial charge is 0.247 e. The van der Waals surface area contributed by atoms with Crippen LogP contribution in [0.5, 0.6) is 0 Å². The Morgan fingerprint density at radius 2 is 2.10 bits per heavy atom. The number of rotatable bonds is 6. The van der Waals surface area contributed by atoms with E-state index >= 15 is 0 Å². The Balaban J connectivity index is 1.73. The largest absolute Gasteiger partial charge is 0.376 e. The summed E-state index contributed by atoms with van der Waals surface area (Å²) in [6.45, 7) is 5.76. The van der Waals surface area contributed by atoms with Crippen LogP contribution < -0.4 is 4.90 Å². The second-order valence-corrected chi connectivity index (χ2v) is 11.8. The molecular weight excluding hydrogens is 434 g/mol. The second-order valence-electron chi connectivity index (χ2n) is 8.81. The number of sulfonamides is 1. The lowest BCUT2D eigenvalue weighted by Crippen LogP contribution is -2.54. The highest BCUT2D eigenvalue weighted by Gasteiger charge is 2.39. The van der Waals surface area contributed by atoms with E-state index in [-0.39, 0.29) is 12.0 Å². The zero-order valence-electron chi connectivity index (χ0n) is 18.4. The maximum absolute atomic E-state index is 13.8. The molecule has 7 nitrogen and oxygen atoms in total. The summed E-state index contributed by atoms with van der Waals surface area (Å²) in [5.74, 6) is 0.130. The summed E-state index contributed by atoms with van der Waals surface area (Å²) in [6.07, 6.45) is 5.17. The first-order chi connectivity index (χ1) is 14.8. The molecule has 1 amide bonds. The molecule has 1 aromatic heterocycles. The van der Waals surface area contributed by atoms with Crippen molar-refractivity contribution in [1.29, 1.82) is 0 Å². The third-order valence-corrected chi connectivity index (χ3v) is 8.47. The van der Waals surface area contributed by atoms with Crippen molar-refractivity contribution in [2.75, 3.05) is 30.9 Å². The molecule has 2 fully saturated rings. The molecule has 1 aromatic carbocycles. The first-order valence-corrected chi connectivity index (χ1v) is 13.7. The number of nitrogens with zero attached hydrogens (tertiary/aromatic N) is 3. The van der Waals surface area contributed by atoms with Gasteiger partial charge in [0.15, 0.2) is 5.13 Å². The summed E-state index contributed by atoms with van der Waals surface area (Å²) >= 11 is 1.49. The Bertz CT molecular complexity index is 1040. The van der Waals surface area contributed by atoms with Gasteiger partial charge in [0.25, 0.3) is 0 Å². The maximum Gasteiger partial charge on any atom is 0.247 e. The number of aromatic nitrogens is 1. The van der Waals surface area contributed by atoms with Gasteiger partial charge < -0.3 is 4.74 Å². The summed E-state index contributed by atoms with van der Waals surface area (Å²) < 4.78 is 33.0. The lowest BCUT2D eigenvalue weighted by atomic mass is 10.0. The third-order valence-electron chi connectivity index (χ3n) is 6.13. The van der Waals surface area contributed by atoms with Crippen molar-refractivity contribution in [2.45, 2.75) is 64.0 Å². The van der Waals surface area contributed by atoms with Crippen LogP contribution in [0.2, 0.25) is 0 Å². The molecule has 0 N–H and O–H groups in total. The van der Waals surface area contributed by atoms with E-state index in [9.17, 15) is 13.2 Å². The molecule has 0 saturated carbocycles. The van der Waals surface area contributed by atoms with Crippen LogP contribution in [0.3, 0.4) is 0 Å². The molecule has 0 bridgehead atoms. The van der Waals surface area contributed by atoms with E-state index in [1.54, 1.807) is 4.90 Å². The number of hydrogen-bond donors (Lipinski definition) is 0. The average molecular weight is 466 g/mol. The van der Waals surface area contributed by atoms with Crippen molar-refractivity contribution >= 4 is 42.6 Å². The summed E-state index contributed by atoms with van der Waals surface area (Å²) in [6, 6.07) is 5.45.